The maximum Gasteiger partial charge on any atom is 0.252 e. The van der Waals surface area contributed by atoms with Crippen molar-refractivity contribution in [2.45, 2.75) is 33.2 Å². The average Bonchev–Trinajstić information content (AvgIpc) is 2.98. The van der Waals surface area contributed by atoms with Gasteiger partial charge in [-0.25, -0.2) is 9.50 Å². The van der Waals surface area contributed by atoms with E-state index in [0.717, 1.165) is 17.0 Å². The summed E-state index contributed by atoms with van der Waals surface area (Å²) in [5.41, 5.74) is 7.63. The van der Waals surface area contributed by atoms with Gasteiger partial charge in [-0.1, -0.05) is 0 Å². The summed E-state index contributed by atoms with van der Waals surface area (Å²) < 4.78 is 6.62. The third kappa shape index (κ3) is 4.36. The molecular formula is C14H21N7O2S. The first-order valence-corrected chi connectivity index (χ1v) is 7.83. The summed E-state index contributed by atoms with van der Waals surface area (Å²) >= 11 is 5.10. The van der Waals surface area contributed by atoms with Gasteiger partial charge < -0.3 is 10.1 Å². The van der Waals surface area contributed by atoms with Crippen LogP contribution < -0.4 is 16.2 Å². The summed E-state index contributed by atoms with van der Waals surface area (Å²) in [4.78, 5) is 20.5. The highest BCUT2D eigenvalue weighted by molar-refractivity contribution is 7.80. The molecule has 0 fully saturated rings. The molecule has 1 amide bonds. The van der Waals surface area contributed by atoms with E-state index in [4.69, 9.17) is 17.0 Å². The smallest absolute Gasteiger partial charge is 0.252 e. The lowest BCUT2D eigenvalue weighted by Gasteiger charge is -2.17. The normalized spacial score (nSPS) is 12.0. The first-order chi connectivity index (χ1) is 11.4. The number of carbonyl (C=O) groups is 1. The van der Waals surface area contributed by atoms with Gasteiger partial charge in [0.25, 0.3) is 5.78 Å². The van der Waals surface area contributed by atoms with E-state index < -0.39 is 0 Å². The molecule has 10 heteroatoms. The Morgan fingerprint density at radius 3 is 2.88 bits per heavy atom. The molecule has 0 aliphatic rings. The minimum absolute atomic E-state index is 0.0373. The molecule has 0 aromatic carbocycles. The van der Waals surface area contributed by atoms with E-state index in [-0.39, 0.29) is 18.4 Å². The number of rotatable bonds is 5. The second-order valence-electron chi connectivity index (χ2n) is 5.41. The lowest BCUT2D eigenvalue weighted by molar-refractivity contribution is -0.121. The van der Waals surface area contributed by atoms with Crippen molar-refractivity contribution in [3.8, 4) is 0 Å². The van der Waals surface area contributed by atoms with Crippen LogP contribution >= 0.6 is 12.2 Å². The molecule has 24 heavy (non-hydrogen) atoms. The van der Waals surface area contributed by atoms with Crippen molar-refractivity contribution in [3.05, 3.63) is 23.3 Å². The number of carbonyl (C=O) groups excluding carboxylic acids is 1. The molecular weight excluding hydrogens is 330 g/mol. The van der Waals surface area contributed by atoms with Crippen molar-refractivity contribution in [2.24, 2.45) is 0 Å². The molecule has 0 spiro atoms. The Bertz CT molecular complexity index is 746. The lowest BCUT2D eigenvalue weighted by Crippen LogP contribution is -2.50. The van der Waals surface area contributed by atoms with Gasteiger partial charge in [0.05, 0.1) is 13.0 Å². The van der Waals surface area contributed by atoms with Gasteiger partial charge in [0.15, 0.2) is 5.11 Å². The van der Waals surface area contributed by atoms with Crippen LogP contribution in [0.3, 0.4) is 0 Å². The van der Waals surface area contributed by atoms with Crippen molar-refractivity contribution in [3.63, 3.8) is 0 Å². The minimum Gasteiger partial charge on any atom is -0.383 e. The molecule has 0 saturated heterocycles. The number of amides is 1. The van der Waals surface area contributed by atoms with Crippen LogP contribution in [0.5, 0.6) is 0 Å². The molecule has 2 aromatic heterocycles. The maximum absolute atomic E-state index is 12.1. The van der Waals surface area contributed by atoms with Gasteiger partial charge in [-0.3, -0.25) is 15.6 Å². The number of nitrogens with zero attached hydrogens (tertiary/aromatic N) is 4. The number of methoxy groups -OCH3 is 1. The quantitative estimate of drug-likeness (QED) is 0.503. The second-order valence-corrected chi connectivity index (χ2v) is 5.82. The van der Waals surface area contributed by atoms with E-state index in [1.807, 2.05) is 20.8 Å². The molecule has 2 aromatic rings. The fourth-order valence-electron chi connectivity index (χ4n) is 2.29. The summed E-state index contributed by atoms with van der Waals surface area (Å²) in [5.74, 6) is 0.288. The van der Waals surface area contributed by atoms with Gasteiger partial charge in [0.2, 0.25) is 5.91 Å². The van der Waals surface area contributed by atoms with Crippen LogP contribution in [-0.4, -0.2) is 50.4 Å². The van der Waals surface area contributed by atoms with Crippen molar-refractivity contribution in [2.75, 3.05) is 13.7 Å². The minimum atomic E-state index is -0.231. The highest BCUT2D eigenvalue weighted by Gasteiger charge is 2.14. The number of nitrogens with one attached hydrogen (secondary N) is 3. The van der Waals surface area contributed by atoms with Crippen molar-refractivity contribution >= 4 is 29.0 Å². The molecule has 0 bridgehead atoms. The van der Waals surface area contributed by atoms with Crippen LogP contribution in [0, 0.1) is 13.8 Å². The van der Waals surface area contributed by atoms with E-state index in [1.165, 1.54) is 6.33 Å². The Morgan fingerprint density at radius 1 is 1.42 bits per heavy atom. The largest absolute Gasteiger partial charge is 0.383 e. The maximum atomic E-state index is 12.1. The molecule has 0 unspecified atom stereocenters. The van der Waals surface area contributed by atoms with Crippen LogP contribution in [0.15, 0.2) is 6.33 Å². The number of hydrazine groups is 1. The molecule has 0 aliphatic carbocycles. The Morgan fingerprint density at radius 2 is 2.17 bits per heavy atom. The molecule has 9 nitrogen and oxygen atoms in total. The predicted octanol–water partition coefficient (Wildman–Crippen LogP) is -0.186. The molecule has 3 N–H and O–H groups in total. The van der Waals surface area contributed by atoms with Gasteiger partial charge in [-0.15, -0.1) is 0 Å². The molecule has 2 heterocycles. The number of thiocarbonyl (C=S) groups is 1. The highest BCUT2D eigenvalue weighted by Crippen LogP contribution is 2.13. The van der Waals surface area contributed by atoms with Crippen LogP contribution in [-0.2, 0) is 16.0 Å². The molecule has 0 saturated carbocycles. The zero-order chi connectivity index (χ0) is 17.7. The molecule has 0 aliphatic heterocycles. The summed E-state index contributed by atoms with van der Waals surface area (Å²) in [6.07, 6.45) is 1.59. The number of aryl methyl sites for hydroxylation is 2. The third-order valence-corrected chi connectivity index (χ3v) is 3.66. The number of hydrogen-bond donors (Lipinski definition) is 3. The third-order valence-electron chi connectivity index (χ3n) is 3.44. The molecule has 0 radical (unpaired) electrons. The van der Waals surface area contributed by atoms with Crippen LogP contribution in [0.4, 0.5) is 0 Å². The van der Waals surface area contributed by atoms with Gasteiger partial charge >= 0.3 is 0 Å². The predicted molar refractivity (Wildman–Crippen MR) is 92.3 cm³/mol. The van der Waals surface area contributed by atoms with Gasteiger partial charge in [0.1, 0.15) is 6.33 Å². The van der Waals surface area contributed by atoms with Crippen molar-refractivity contribution in [1.82, 2.24) is 35.8 Å². The second kappa shape index (κ2) is 7.97. The highest BCUT2D eigenvalue weighted by atomic mass is 32.1. The van der Waals surface area contributed by atoms with Crippen molar-refractivity contribution in [1.29, 1.82) is 0 Å². The van der Waals surface area contributed by atoms with Crippen LogP contribution in [0.2, 0.25) is 0 Å². The number of ether oxygens (including phenoxy) is 1. The molecule has 2 rings (SSSR count). The zero-order valence-corrected chi connectivity index (χ0v) is 14.9. The summed E-state index contributed by atoms with van der Waals surface area (Å²) in [7, 11) is 1.61. The van der Waals surface area contributed by atoms with Gasteiger partial charge in [-0.05, 0) is 33.0 Å². The molecule has 130 valence electrons. The van der Waals surface area contributed by atoms with E-state index >= 15 is 0 Å². The van der Waals surface area contributed by atoms with E-state index in [9.17, 15) is 4.79 Å². The fourth-order valence-corrected chi connectivity index (χ4v) is 2.55. The summed E-state index contributed by atoms with van der Waals surface area (Å²) in [6, 6.07) is 0.0373. The van der Waals surface area contributed by atoms with Gasteiger partial charge in [0, 0.05) is 30.1 Å². The topological polar surface area (TPSA) is 105 Å². The SMILES string of the molecule is COC[C@@H](C)NC(=S)NNC(=O)Cc1c(C)nc2ncnn2c1C. The number of fused-ring (bicyclic) bond motifs is 1. The number of hydrogen-bond acceptors (Lipinski definition) is 6. The van der Waals surface area contributed by atoms with E-state index in [2.05, 4.69) is 31.2 Å². The van der Waals surface area contributed by atoms with Crippen LogP contribution in [0.25, 0.3) is 5.78 Å². The Kier molecular flexibility index (Phi) is 5.99. The summed E-state index contributed by atoms with van der Waals surface area (Å²) in [6.45, 7) is 6.16. The van der Waals surface area contributed by atoms with E-state index in [1.54, 1.807) is 11.6 Å². The first kappa shape index (κ1) is 18.0. The lowest BCUT2D eigenvalue weighted by atomic mass is 10.1. The van der Waals surface area contributed by atoms with Gasteiger partial charge in [-0.2, -0.15) is 10.1 Å². The van der Waals surface area contributed by atoms with Crippen molar-refractivity contribution < 1.29 is 9.53 Å². The van der Waals surface area contributed by atoms with Crippen LogP contribution in [0.1, 0.15) is 23.9 Å². The fraction of sp³-hybridized carbons (Fsp3) is 0.500. The number of aromatic nitrogens is 4. The average molecular weight is 351 g/mol. The Hall–Kier alpha value is -2.33. The first-order valence-electron chi connectivity index (χ1n) is 7.42. The molecule has 1 atom stereocenters. The van der Waals surface area contributed by atoms with E-state index in [0.29, 0.717) is 17.5 Å². The Balaban J connectivity index is 1.94. The Labute approximate surface area is 145 Å². The standard InChI is InChI=1S/C14H21N7O2S/c1-8(6-23-4)17-14(24)20-19-12(22)5-11-9(2)18-13-15-7-16-21(13)10(11)3/h7-8H,5-6H2,1-4H3,(H,19,22)(H2,17,20,24)/t8-/m1/s1. The zero-order valence-electron chi connectivity index (χ0n) is 14.1. The monoisotopic (exact) mass is 351 g/mol. The summed E-state index contributed by atoms with van der Waals surface area (Å²) in [5, 5.41) is 7.42.